The SMILES string of the molecule is CCn1nccc1C(=O)NC(C(=O)Nc1ccc(-c2c(C)cnn2C)nc1)C1CCC(C)CC1. The molecule has 1 unspecified atom stereocenters. The van der Waals surface area contributed by atoms with Crippen molar-refractivity contribution < 1.29 is 9.59 Å². The fourth-order valence-electron chi connectivity index (χ4n) is 4.75. The van der Waals surface area contributed by atoms with E-state index in [1.807, 2.05) is 33.0 Å². The molecular formula is C25H33N7O2. The summed E-state index contributed by atoms with van der Waals surface area (Å²) in [5.41, 5.74) is 3.81. The molecule has 0 saturated heterocycles. The highest BCUT2D eigenvalue weighted by molar-refractivity contribution is 6.00. The number of hydrogen-bond acceptors (Lipinski definition) is 5. The minimum Gasteiger partial charge on any atom is -0.339 e. The number of aromatic nitrogens is 5. The molecular weight excluding hydrogens is 430 g/mol. The van der Waals surface area contributed by atoms with Gasteiger partial charge in [0, 0.05) is 19.8 Å². The summed E-state index contributed by atoms with van der Waals surface area (Å²) in [6.07, 6.45) is 8.97. The first-order chi connectivity index (χ1) is 16.4. The van der Waals surface area contributed by atoms with Crippen LogP contribution in [0.3, 0.4) is 0 Å². The van der Waals surface area contributed by atoms with E-state index in [9.17, 15) is 9.59 Å². The number of nitrogens with zero attached hydrogens (tertiary/aromatic N) is 5. The van der Waals surface area contributed by atoms with Gasteiger partial charge in [-0.1, -0.05) is 19.8 Å². The molecule has 2 N–H and O–H groups in total. The molecule has 1 aliphatic carbocycles. The highest BCUT2D eigenvalue weighted by atomic mass is 16.2. The quantitative estimate of drug-likeness (QED) is 0.557. The highest BCUT2D eigenvalue weighted by Crippen LogP contribution is 2.31. The van der Waals surface area contributed by atoms with Crippen molar-refractivity contribution in [1.82, 2.24) is 29.9 Å². The van der Waals surface area contributed by atoms with E-state index in [4.69, 9.17) is 0 Å². The lowest BCUT2D eigenvalue weighted by atomic mass is 9.79. The first-order valence-corrected chi connectivity index (χ1v) is 12.0. The first-order valence-electron chi connectivity index (χ1n) is 12.0. The number of carbonyl (C=O) groups is 2. The lowest BCUT2D eigenvalue weighted by molar-refractivity contribution is -0.119. The second-order valence-electron chi connectivity index (χ2n) is 9.22. The normalized spacial score (nSPS) is 18.9. The van der Waals surface area contributed by atoms with Gasteiger partial charge in [0.2, 0.25) is 5.91 Å². The Bertz CT molecular complexity index is 1120. The lowest BCUT2D eigenvalue weighted by Gasteiger charge is -2.32. The number of carbonyl (C=O) groups excluding carboxylic acids is 2. The topological polar surface area (TPSA) is 107 Å². The maximum absolute atomic E-state index is 13.4. The molecule has 1 atom stereocenters. The van der Waals surface area contributed by atoms with Gasteiger partial charge in [-0.3, -0.25) is 23.9 Å². The van der Waals surface area contributed by atoms with Gasteiger partial charge < -0.3 is 10.6 Å². The maximum atomic E-state index is 13.4. The van der Waals surface area contributed by atoms with E-state index in [2.05, 4.69) is 32.7 Å². The van der Waals surface area contributed by atoms with Crippen LogP contribution in [0.4, 0.5) is 5.69 Å². The van der Waals surface area contributed by atoms with Gasteiger partial charge >= 0.3 is 0 Å². The standard InChI is InChI=1S/C25H33N7O2/c1-5-32-21(12-13-27-32)24(33)30-22(18-8-6-16(2)7-9-18)25(34)29-19-10-11-20(26-15-19)23-17(3)14-28-31(23)4/h10-16,18,22H,5-9H2,1-4H3,(H,29,34)(H,30,33). The number of aryl methyl sites for hydroxylation is 3. The molecule has 180 valence electrons. The zero-order valence-corrected chi connectivity index (χ0v) is 20.3. The van der Waals surface area contributed by atoms with E-state index in [-0.39, 0.29) is 17.7 Å². The zero-order valence-electron chi connectivity index (χ0n) is 20.3. The van der Waals surface area contributed by atoms with Gasteiger partial charge in [0.15, 0.2) is 0 Å². The molecule has 0 aliphatic heterocycles. The van der Waals surface area contributed by atoms with Gasteiger partial charge in [0.05, 0.1) is 29.5 Å². The van der Waals surface area contributed by atoms with Crippen LogP contribution >= 0.6 is 0 Å². The Kier molecular flexibility index (Phi) is 7.09. The third-order valence-corrected chi connectivity index (χ3v) is 6.75. The van der Waals surface area contributed by atoms with Crippen molar-refractivity contribution in [2.75, 3.05) is 5.32 Å². The van der Waals surface area contributed by atoms with Crippen LogP contribution in [0.25, 0.3) is 11.4 Å². The van der Waals surface area contributed by atoms with Gasteiger partial charge in [-0.2, -0.15) is 10.2 Å². The van der Waals surface area contributed by atoms with E-state index in [1.54, 1.807) is 34.0 Å². The molecule has 3 aromatic heterocycles. The highest BCUT2D eigenvalue weighted by Gasteiger charge is 2.33. The van der Waals surface area contributed by atoms with Crippen LogP contribution in [0.15, 0.2) is 36.8 Å². The predicted molar refractivity (Wildman–Crippen MR) is 130 cm³/mol. The Labute approximate surface area is 200 Å². The minimum absolute atomic E-state index is 0.0856. The lowest BCUT2D eigenvalue weighted by Crippen LogP contribution is -2.49. The number of anilines is 1. The monoisotopic (exact) mass is 463 g/mol. The van der Waals surface area contributed by atoms with Crippen LogP contribution in [0.5, 0.6) is 0 Å². The second-order valence-corrected chi connectivity index (χ2v) is 9.22. The summed E-state index contributed by atoms with van der Waals surface area (Å²) < 4.78 is 3.42. The molecule has 3 heterocycles. The molecule has 0 spiro atoms. The molecule has 0 radical (unpaired) electrons. The van der Waals surface area contributed by atoms with E-state index < -0.39 is 6.04 Å². The molecule has 2 amide bonds. The summed E-state index contributed by atoms with van der Waals surface area (Å²) in [5.74, 6) is 0.229. The molecule has 9 heteroatoms. The fourth-order valence-corrected chi connectivity index (χ4v) is 4.75. The van der Waals surface area contributed by atoms with Crippen molar-refractivity contribution >= 4 is 17.5 Å². The Balaban J connectivity index is 1.51. The van der Waals surface area contributed by atoms with Crippen molar-refractivity contribution in [3.63, 3.8) is 0 Å². The van der Waals surface area contributed by atoms with Crippen LogP contribution in [-0.4, -0.2) is 42.4 Å². The molecule has 0 aromatic carbocycles. The van der Waals surface area contributed by atoms with Crippen LogP contribution in [0.1, 0.15) is 55.6 Å². The third-order valence-electron chi connectivity index (χ3n) is 6.75. The molecule has 4 rings (SSSR count). The first kappa shape index (κ1) is 23.7. The summed E-state index contributed by atoms with van der Waals surface area (Å²) in [7, 11) is 1.88. The number of amides is 2. The van der Waals surface area contributed by atoms with Gasteiger partial charge in [-0.25, -0.2) is 0 Å². The largest absolute Gasteiger partial charge is 0.339 e. The summed E-state index contributed by atoms with van der Waals surface area (Å²) >= 11 is 0. The Morgan fingerprint density at radius 3 is 2.50 bits per heavy atom. The fraction of sp³-hybridized carbons (Fsp3) is 0.480. The smallest absolute Gasteiger partial charge is 0.270 e. The van der Waals surface area contributed by atoms with Crippen molar-refractivity contribution in [2.45, 2.75) is 59.0 Å². The van der Waals surface area contributed by atoms with Crippen molar-refractivity contribution in [3.05, 3.63) is 48.0 Å². The average Bonchev–Trinajstić information content (AvgIpc) is 3.45. The zero-order chi connectivity index (χ0) is 24.2. The number of nitrogens with one attached hydrogen (secondary N) is 2. The Hall–Kier alpha value is -3.49. The van der Waals surface area contributed by atoms with Crippen LogP contribution in [0.2, 0.25) is 0 Å². The van der Waals surface area contributed by atoms with Gasteiger partial charge in [-0.05, 0) is 62.3 Å². The van der Waals surface area contributed by atoms with Gasteiger partial charge in [-0.15, -0.1) is 0 Å². The minimum atomic E-state index is -0.626. The summed E-state index contributed by atoms with van der Waals surface area (Å²) in [6.45, 7) is 6.74. The van der Waals surface area contributed by atoms with Crippen molar-refractivity contribution in [2.24, 2.45) is 18.9 Å². The van der Waals surface area contributed by atoms with Gasteiger partial charge in [0.1, 0.15) is 11.7 Å². The molecule has 9 nitrogen and oxygen atoms in total. The van der Waals surface area contributed by atoms with Crippen LogP contribution < -0.4 is 10.6 Å². The van der Waals surface area contributed by atoms with Crippen LogP contribution in [-0.2, 0) is 18.4 Å². The van der Waals surface area contributed by atoms with E-state index in [0.717, 1.165) is 42.6 Å². The summed E-state index contributed by atoms with van der Waals surface area (Å²) in [4.78, 5) is 30.9. The number of pyridine rings is 1. The molecule has 3 aromatic rings. The summed E-state index contributed by atoms with van der Waals surface area (Å²) in [6, 6.07) is 4.76. The van der Waals surface area contributed by atoms with E-state index in [1.165, 1.54) is 0 Å². The van der Waals surface area contributed by atoms with Gasteiger partial charge in [0.25, 0.3) is 5.91 Å². The number of rotatable bonds is 7. The Morgan fingerprint density at radius 1 is 1.12 bits per heavy atom. The van der Waals surface area contributed by atoms with Crippen molar-refractivity contribution in [3.8, 4) is 11.4 Å². The molecule has 1 saturated carbocycles. The van der Waals surface area contributed by atoms with E-state index in [0.29, 0.717) is 23.8 Å². The van der Waals surface area contributed by atoms with E-state index >= 15 is 0 Å². The second kappa shape index (κ2) is 10.2. The molecule has 0 bridgehead atoms. The van der Waals surface area contributed by atoms with Crippen molar-refractivity contribution in [1.29, 1.82) is 0 Å². The predicted octanol–water partition coefficient (Wildman–Crippen LogP) is 3.57. The summed E-state index contributed by atoms with van der Waals surface area (Å²) in [5, 5.41) is 14.4. The molecule has 1 fully saturated rings. The molecule has 1 aliphatic rings. The third kappa shape index (κ3) is 5.03. The number of hydrogen-bond donors (Lipinski definition) is 2. The Morgan fingerprint density at radius 2 is 1.88 bits per heavy atom. The van der Waals surface area contributed by atoms with Crippen LogP contribution in [0, 0.1) is 18.8 Å². The maximum Gasteiger partial charge on any atom is 0.270 e. The molecule has 34 heavy (non-hydrogen) atoms. The average molecular weight is 464 g/mol.